The predicted octanol–water partition coefficient (Wildman–Crippen LogP) is 1.77. The summed E-state index contributed by atoms with van der Waals surface area (Å²) in [5.74, 6) is -0.819. The van der Waals surface area contributed by atoms with Gasteiger partial charge in [-0.2, -0.15) is 0 Å². The molecule has 11 heteroatoms. The molecule has 0 heterocycles. The SMILES string of the molecule is CCCCCCCCCCCC[NH+](CCOCCC(=O)O)CC(C)OCCO.COS(=O)(=O)[O-]. The summed E-state index contributed by atoms with van der Waals surface area (Å²) in [6.07, 6.45) is 13.5. The van der Waals surface area contributed by atoms with Crippen LogP contribution in [0.4, 0.5) is 0 Å². The van der Waals surface area contributed by atoms with Gasteiger partial charge in [-0.15, -0.1) is 0 Å². The smallest absolute Gasteiger partial charge is 0.305 e. The lowest BCUT2D eigenvalue weighted by atomic mass is 10.1. The molecule has 2 unspecified atom stereocenters. The highest BCUT2D eigenvalue weighted by Gasteiger charge is 2.14. The van der Waals surface area contributed by atoms with Gasteiger partial charge in [-0.25, -0.2) is 8.42 Å². The Morgan fingerprint density at radius 2 is 1.47 bits per heavy atom. The molecule has 0 amide bonds. The first-order chi connectivity index (χ1) is 16.2. The second-order valence-electron chi connectivity index (χ2n) is 8.37. The van der Waals surface area contributed by atoms with E-state index in [9.17, 15) is 17.8 Å². The Kier molecular flexibility index (Phi) is 26.3. The molecule has 3 N–H and O–H groups in total. The van der Waals surface area contributed by atoms with Gasteiger partial charge in [0.2, 0.25) is 10.4 Å². The number of hydrogen-bond acceptors (Lipinski definition) is 8. The second-order valence-corrected chi connectivity index (χ2v) is 9.52. The lowest BCUT2D eigenvalue weighted by Gasteiger charge is -2.23. The van der Waals surface area contributed by atoms with Crippen molar-refractivity contribution in [1.29, 1.82) is 0 Å². The molecule has 0 spiro atoms. The van der Waals surface area contributed by atoms with Crippen molar-refractivity contribution in [1.82, 2.24) is 0 Å². The van der Waals surface area contributed by atoms with E-state index in [2.05, 4.69) is 11.1 Å². The van der Waals surface area contributed by atoms with Crippen LogP contribution in [0.3, 0.4) is 0 Å². The summed E-state index contributed by atoms with van der Waals surface area (Å²) in [6, 6.07) is 0. The lowest BCUT2D eigenvalue weighted by Crippen LogP contribution is -3.13. The van der Waals surface area contributed by atoms with E-state index in [1.165, 1.54) is 69.1 Å². The van der Waals surface area contributed by atoms with Crippen LogP contribution in [0, 0.1) is 0 Å². The van der Waals surface area contributed by atoms with Crippen molar-refractivity contribution in [2.45, 2.75) is 90.6 Å². The molecule has 34 heavy (non-hydrogen) atoms. The van der Waals surface area contributed by atoms with Crippen molar-refractivity contribution in [3.05, 3.63) is 0 Å². The van der Waals surface area contributed by atoms with Crippen molar-refractivity contribution in [2.75, 3.05) is 53.2 Å². The molecule has 0 aromatic rings. The normalized spacial score (nSPS) is 13.2. The van der Waals surface area contributed by atoms with Gasteiger partial charge < -0.3 is 29.1 Å². The largest absolute Gasteiger partial charge is 0.726 e. The van der Waals surface area contributed by atoms with E-state index in [0.717, 1.165) is 26.7 Å². The number of carbonyl (C=O) groups is 1. The van der Waals surface area contributed by atoms with Crippen LogP contribution in [0.2, 0.25) is 0 Å². The lowest BCUT2D eigenvalue weighted by molar-refractivity contribution is -0.903. The van der Waals surface area contributed by atoms with Gasteiger partial charge in [0.05, 0.1) is 46.5 Å². The van der Waals surface area contributed by atoms with Gasteiger partial charge in [-0.1, -0.05) is 58.3 Å². The summed E-state index contributed by atoms with van der Waals surface area (Å²) in [4.78, 5) is 12.0. The molecule has 0 bridgehead atoms. The van der Waals surface area contributed by atoms with Crippen LogP contribution in [0.25, 0.3) is 0 Å². The van der Waals surface area contributed by atoms with Crippen LogP contribution in [0.5, 0.6) is 0 Å². The molecule has 0 radical (unpaired) electrons. The molecule has 0 aliphatic rings. The summed E-state index contributed by atoms with van der Waals surface area (Å²) in [5, 5.41) is 17.6. The topological polar surface area (TPSA) is 147 Å². The molecule has 0 saturated heterocycles. The molecule has 0 fully saturated rings. The van der Waals surface area contributed by atoms with Crippen molar-refractivity contribution >= 4 is 16.4 Å². The van der Waals surface area contributed by atoms with Gasteiger partial charge in [-0.3, -0.25) is 8.98 Å². The third-order valence-electron chi connectivity index (χ3n) is 5.22. The second kappa shape index (κ2) is 25.3. The molecule has 10 nitrogen and oxygen atoms in total. The molecule has 0 rings (SSSR count). The third-order valence-corrected chi connectivity index (χ3v) is 5.63. The number of aliphatic hydroxyl groups excluding tert-OH is 1. The Bertz CT molecular complexity index is 547. The summed E-state index contributed by atoms with van der Waals surface area (Å²) in [7, 11) is -3.60. The zero-order chi connectivity index (χ0) is 26.1. The van der Waals surface area contributed by atoms with E-state index >= 15 is 0 Å². The Morgan fingerprint density at radius 1 is 0.941 bits per heavy atom. The maximum atomic E-state index is 10.5. The van der Waals surface area contributed by atoms with E-state index in [4.69, 9.17) is 19.7 Å². The fraction of sp³-hybridized carbons (Fsp3) is 0.957. The van der Waals surface area contributed by atoms with E-state index in [1.807, 2.05) is 6.92 Å². The number of nitrogens with one attached hydrogen (secondary N) is 1. The number of ether oxygens (including phenoxy) is 2. The van der Waals surface area contributed by atoms with Gasteiger partial charge in [0.15, 0.2) is 0 Å². The highest BCUT2D eigenvalue weighted by atomic mass is 32.3. The minimum absolute atomic E-state index is 0.0520. The number of rotatable bonds is 23. The zero-order valence-electron chi connectivity index (χ0n) is 21.5. The van der Waals surface area contributed by atoms with Gasteiger partial charge in [0.1, 0.15) is 19.2 Å². The van der Waals surface area contributed by atoms with Gasteiger partial charge in [0, 0.05) is 0 Å². The molecule has 206 valence electrons. The average Bonchev–Trinajstić information content (AvgIpc) is 2.78. The number of carboxylic acid groups (broad SMARTS) is 1. The quantitative estimate of drug-likeness (QED) is 0.105. The standard InChI is InChI=1S/C22H45NO5.CH4O4S/c1-3-4-5-6-7-8-9-10-11-12-14-23(20-21(2)28-19-16-24)15-18-27-17-13-22(25)26;1-5-6(2,3)4/h21,24H,3-20H2,1-2H3,(H,25,26);1H3,(H,2,3,4). The van der Waals surface area contributed by atoms with Crippen LogP contribution in [0.1, 0.15) is 84.5 Å². The Labute approximate surface area is 206 Å². The highest BCUT2D eigenvalue weighted by Crippen LogP contribution is 2.10. The van der Waals surface area contributed by atoms with Crippen molar-refractivity contribution in [2.24, 2.45) is 0 Å². The molecule has 2 atom stereocenters. The molecular weight excluding hydrogens is 466 g/mol. The Morgan fingerprint density at radius 3 is 1.94 bits per heavy atom. The van der Waals surface area contributed by atoms with Crippen LogP contribution in [-0.2, 0) is 28.9 Å². The maximum absolute atomic E-state index is 10.5. The maximum Gasteiger partial charge on any atom is 0.305 e. The summed E-state index contributed by atoms with van der Waals surface area (Å²) in [5.41, 5.74) is 0. The molecule has 0 aromatic heterocycles. The third kappa shape index (κ3) is 31.2. The highest BCUT2D eigenvalue weighted by molar-refractivity contribution is 7.80. The number of carboxylic acids is 1. The number of aliphatic carboxylic acids is 1. The number of hydrogen-bond donors (Lipinski definition) is 3. The number of aliphatic hydroxyl groups is 1. The summed E-state index contributed by atoms with van der Waals surface area (Å²) < 4.78 is 42.1. The van der Waals surface area contributed by atoms with Crippen LogP contribution >= 0.6 is 0 Å². The van der Waals surface area contributed by atoms with Gasteiger partial charge >= 0.3 is 5.97 Å². The molecule has 0 aromatic carbocycles. The molecule has 0 aliphatic carbocycles. The first kappa shape index (κ1) is 35.3. The fourth-order valence-corrected chi connectivity index (χ4v) is 3.39. The summed E-state index contributed by atoms with van der Waals surface area (Å²) >= 11 is 0. The first-order valence-electron chi connectivity index (χ1n) is 12.5. The van der Waals surface area contributed by atoms with Crippen molar-refractivity contribution in [3.63, 3.8) is 0 Å². The predicted molar refractivity (Wildman–Crippen MR) is 130 cm³/mol. The minimum Gasteiger partial charge on any atom is -0.726 e. The number of unbranched alkanes of at least 4 members (excludes halogenated alkanes) is 9. The van der Waals surface area contributed by atoms with E-state index in [0.29, 0.717) is 13.2 Å². The minimum atomic E-state index is -4.41. The monoisotopic (exact) mass is 515 g/mol. The van der Waals surface area contributed by atoms with Gasteiger partial charge in [0.25, 0.3) is 0 Å². The van der Waals surface area contributed by atoms with Crippen molar-refractivity contribution < 1.29 is 46.5 Å². The van der Waals surface area contributed by atoms with Crippen molar-refractivity contribution in [3.8, 4) is 0 Å². The fourth-order valence-electron chi connectivity index (χ4n) is 3.39. The average molecular weight is 516 g/mol. The summed E-state index contributed by atoms with van der Waals surface area (Å²) in [6.45, 7) is 8.42. The number of quaternary nitrogens is 1. The Balaban J connectivity index is 0. The van der Waals surface area contributed by atoms with Crippen LogP contribution < -0.4 is 4.90 Å². The first-order valence-corrected chi connectivity index (χ1v) is 13.9. The zero-order valence-corrected chi connectivity index (χ0v) is 22.3. The molecular formula is C23H49NO9S. The molecule has 0 saturated carbocycles. The van der Waals surface area contributed by atoms with E-state index in [-0.39, 0.29) is 25.7 Å². The van der Waals surface area contributed by atoms with Crippen LogP contribution in [-0.4, -0.2) is 88.4 Å². The Hall–Kier alpha value is -0.820. The van der Waals surface area contributed by atoms with Crippen LogP contribution in [0.15, 0.2) is 0 Å². The molecule has 0 aliphatic heterocycles. The van der Waals surface area contributed by atoms with Gasteiger partial charge in [-0.05, 0) is 19.8 Å². The van der Waals surface area contributed by atoms with E-state index in [1.54, 1.807) is 0 Å². The van der Waals surface area contributed by atoms with E-state index < -0.39 is 16.4 Å².